The summed E-state index contributed by atoms with van der Waals surface area (Å²) in [6.45, 7) is 2.61. The Labute approximate surface area is 162 Å². The SMILES string of the molecule is CN=C(NCc1cccc(S(=O)(=O)NC)c1)NC(C)CCc1ccccc1. The lowest BCUT2D eigenvalue weighted by Crippen LogP contribution is -2.42. The Morgan fingerprint density at radius 2 is 1.78 bits per heavy atom. The van der Waals surface area contributed by atoms with Crippen molar-refractivity contribution in [2.45, 2.75) is 37.2 Å². The fourth-order valence-electron chi connectivity index (χ4n) is 2.65. The zero-order valence-corrected chi connectivity index (χ0v) is 16.9. The van der Waals surface area contributed by atoms with Gasteiger partial charge in [0.05, 0.1) is 4.90 Å². The molecular formula is C20H28N4O2S. The van der Waals surface area contributed by atoms with E-state index in [1.165, 1.54) is 12.6 Å². The van der Waals surface area contributed by atoms with E-state index in [9.17, 15) is 8.42 Å². The van der Waals surface area contributed by atoms with Crippen LogP contribution in [-0.4, -0.2) is 34.5 Å². The van der Waals surface area contributed by atoms with Crippen LogP contribution in [0.15, 0.2) is 64.5 Å². The minimum absolute atomic E-state index is 0.253. The second-order valence-electron chi connectivity index (χ2n) is 6.35. The first-order valence-electron chi connectivity index (χ1n) is 8.98. The van der Waals surface area contributed by atoms with Crippen molar-refractivity contribution in [1.82, 2.24) is 15.4 Å². The largest absolute Gasteiger partial charge is 0.354 e. The molecule has 3 N–H and O–H groups in total. The normalized spacial score (nSPS) is 13.2. The fourth-order valence-corrected chi connectivity index (χ4v) is 3.45. The number of nitrogens with zero attached hydrogens (tertiary/aromatic N) is 1. The van der Waals surface area contributed by atoms with Crippen molar-refractivity contribution < 1.29 is 8.42 Å². The van der Waals surface area contributed by atoms with Crippen LogP contribution < -0.4 is 15.4 Å². The van der Waals surface area contributed by atoms with E-state index >= 15 is 0 Å². The third-order valence-electron chi connectivity index (χ3n) is 4.25. The number of guanidine groups is 1. The van der Waals surface area contributed by atoms with E-state index in [1.807, 2.05) is 12.1 Å². The molecule has 0 heterocycles. The maximum absolute atomic E-state index is 11.9. The predicted molar refractivity (Wildman–Crippen MR) is 110 cm³/mol. The molecule has 0 bridgehead atoms. The molecule has 6 nitrogen and oxygen atoms in total. The summed E-state index contributed by atoms with van der Waals surface area (Å²) >= 11 is 0. The maximum Gasteiger partial charge on any atom is 0.240 e. The monoisotopic (exact) mass is 388 g/mol. The molecule has 0 aliphatic rings. The van der Waals surface area contributed by atoms with Crippen LogP contribution in [0.4, 0.5) is 0 Å². The number of rotatable bonds is 8. The zero-order valence-electron chi connectivity index (χ0n) is 16.1. The van der Waals surface area contributed by atoms with Crippen molar-refractivity contribution in [1.29, 1.82) is 0 Å². The topological polar surface area (TPSA) is 82.6 Å². The molecule has 2 rings (SSSR count). The van der Waals surface area contributed by atoms with Gasteiger partial charge >= 0.3 is 0 Å². The van der Waals surface area contributed by atoms with Crippen LogP contribution in [0.5, 0.6) is 0 Å². The second kappa shape index (κ2) is 10.1. The average molecular weight is 389 g/mol. The number of sulfonamides is 1. The first-order chi connectivity index (χ1) is 12.9. The molecule has 0 fully saturated rings. The molecular weight excluding hydrogens is 360 g/mol. The van der Waals surface area contributed by atoms with Crippen molar-refractivity contribution in [3.63, 3.8) is 0 Å². The van der Waals surface area contributed by atoms with Gasteiger partial charge in [0.15, 0.2) is 5.96 Å². The van der Waals surface area contributed by atoms with E-state index in [4.69, 9.17) is 0 Å². The van der Waals surface area contributed by atoms with Crippen LogP contribution >= 0.6 is 0 Å². The summed E-state index contributed by atoms with van der Waals surface area (Å²) < 4.78 is 26.2. The number of aliphatic imine (C=N–C) groups is 1. The molecule has 0 amide bonds. The Morgan fingerprint density at radius 1 is 1.07 bits per heavy atom. The molecule has 0 saturated heterocycles. The van der Waals surface area contributed by atoms with Gasteiger partial charge in [-0.05, 0) is 50.1 Å². The van der Waals surface area contributed by atoms with Crippen LogP contribution in [0.3, 0.4) is 0 Å². The Balaban J connectivity index is 1.87. The lowest BCUT2D eigenvalue weighted by molar-refractivity contribution is 0.588. The Hall–Kier alpha value is -2.38. The van der Waals surface area contributed by atoms with Crippen LogP contribution in [0.2, 0.25) is 0 Å². The molecule has 1 unspecified atom stereocenters. The van der Waals surface area contributed by atoms with Crippen LogP contribution in [0, 0.1) is 0 Å². The van der Waals surface area contributed by atoms with Crippen molar-refractivity contribution in [3.8, 4) is 0 Å². The number of aryl methyl sites for hydroxylation is 1. The summed E-state index contributed by atoms with van der Waals surface area (Å²) in [7, 11) is -0.312. The van der Waals surface area contributed by atoms with Crippen LogP contribution in [0.1, 0.15) is 24.5 Å². The highest BCUT2D eigenvalue weighted by Crippen LogP contribution is 2.11. The van der Waals surface area contributed by atoms with E-state index in [-0.39, 0.29) is 10.9 Å². The summed E-state index contributed by atoms with van der Waals surface area (Å²) in [5.74, 6) is 0.692. The van der Waals surface area contributed by atoms with E-state index < -0.39 is 10.0 Å². The average Bonchev–Trinajstić information content (AvgIpc) is 2.70. The van der Waals surface area contributed by atoms with Gasteiger partial charge in [0, 0.05) is 19.6 Å². The molecule has 0 radical (unpaired) electrons. The predicted octanol–water partition coefficient (Wildman–Crippen LogP) is 2.28. The van der Waals surface area contributed by atoms with Crippen LogP contribution in [-0.2, 0) is 23.0 Å². The van der Waals surface area contributed by atoms with Crippen molar-refractivity contribution in [2.24, 2.45) is 4.99 Å². The molecule has 2 aromatic carbocycles. The molecule has 0 aliphatic heterocycles. The van der Waals surface area contributed by atoms with Crippen LogP contribution in [0.25, 0.3) is 0 Å². The molecule has 1 atom stereocenters. The van der Waals surface area contributed by atoms with Crippen molar-refractivity contribution in [3.05, 3.63) is 65.7 Å². The van der Waals surface area contributed by atoms with Crippen molar-refractivity contribution >= 4 is 16.0 Å². The Kier molecular flexibility index (Phi) is 7.82. The molecule has 0 spiro atoms. The van der Waals surface area contributed by atoms with E-state index in [0.717, 1.165) is 18.4 Å². The molecule has 146 valence electrons. The number of hydrogen-bond acceptors (Lipinski definition) is 3. The van der Waals surface area contributed by atoms with Gasteiger partial charge in [-0.25, -0.2) is 13.1 Å². The van der Waals surface area contributed by atoms with Gasteiger partial charge in [0.25, 0.3) is 0 Å². The first kappa shape index (κ1) is 20.9. The highest BCUT2D eigenvalue weighted by molar-refractivity contribution is 7.89. The number of benzene rings is 2. The third kappa shape index (κ3) is 6.69. The highest BCUT2D eigenvalue weighted by atomic mass is 32.2. The highest BCUT2D eigenvalue weighted by Gasteiger charge is 2.11. The van der Waals surface area contributed by atoms with E-state index in [2.05, 4.69) is 51.5 Å². The maximum atomic E-state index is 11.9. The standard InChI is InChI=1S/C20H28N4O2S/c1-16(12-13-17-8-5-4-6-9-17)24-20(21-2)23-15-18-10-7-11-19(14-18)27(25,26)22-3/h4-11,14,16,22H,12-13,15H2,1-3H3,(H2,21,23,24). The lowest BCUT2D eigenvalue weighted by Gasteiger charge is -2.18. The quantitative estimate of drug-likeness (QED) is 0.479. The van der Waals surface area contributed by atoms with Gasteiger partial charge in [-0.2, -0.15) is 0 Å². The Bertz CT molecular complexity index is 851. The fraction of sp³-hybridized carbons (Fsp3) is 0.350. The van der Waals surface area contributed by atoms with Gasteiger partial charge < -0.3 is 10.6 Å². The lowest BCUT2D eigenvalue weighted by atomic mass is 10.1. The molecule has 0 aromatic heterocycles. The number of nitrogens with one attached hydrogen (secondary N) is 3. The molecule has 0 saturated carbocycles. The summed E-state index contributed by atoms with van der Waals surface area (Å²) in [5, 5.41) is 6.61. The molecule has 2 aromatic rings. The summed E-state index contributed by atoms with van der Waals surface area (Å²) in [5.41, 5.74) is 2.18. The summed E-state index contributed by atoms with van der Waals surface area (Å²) in [6.07, 6.45) is 1.98. The Morgan fingerprint density at radius 3 is 2.44 bits per heavy atom. The molecule has 0 aliphatic carbocycles. The van der Waals surface area contributed by atoms with E-state index in [1.54, 1.807) is 25.2 Å². The van der Waals surface area contributed by atoms with Gasteiger partial charge in [-0.3, -0.25) is 4.99 Å². The van der Waals surface area contributed by atoms with Gasteiger partial charge in [-0.1, -0.05) is 42.5 Å². The second-order valence-corrected chi connectivity index (χ2v) is 8.24. The third-order valence-corrected chi connectivity index (χ3v) is 5.67. The smallest absolute Gasteiger partial charge is 0.240 e. The molecule has 27 heavy (non-hydrogen) atoms. The van der Waals surface area contributed by atoms with Gasteiger partial charge in [0.1, 0.15) is 0 Å². The first-order valence-corrected chi connectivity index (χ1v) is 10.5. The van der Waals surface area contributed by atoms with Gasteiger partial charge in [-0.15, -0.1) is 0 Å². The minimum Gasteiger partial charge on any atom is -0.354 e. The zero-order chi connectivity index (χ0) is 19.7. The minimum atomic E-state index is -3.44. The number of hydrogen-bond donors (Lipinski definition) is 3. The van der Waals surface area contributed by atoms with Crippen molar-refractivity contribution in [2.75, 3.05) is 14.1 Å². The van der Waals surface area contributed by atoms with Gasteiger partial charge in [0.2, 0.25) is 10.0 Å². The van der Waals surface area contributed by atoms with E-state index in [0.29, 0.717) is 12.5 Å². The summed E-state index contributed by atoms with van der Waals surface area (Å²) in [6, 6.07) is 17.5. The molecule has 7 heteroatoms. The summed E-state index contributed by atoms with van der Waals surface area (Å²) in [4.78, 5) is 4.50.